The number of fused-ring (bicyclic) bond motifs is 1. The lowest BCUT2D eigenvalue weighted by Gasteiger charge is -2.21. The first-order valence-corrected chi connectivity index (χ1v) is 7.81. The fourth-order valence-corrected chi connectivity index (χ4v) is 3.52. The summed E-state index contributed by atoms with van der Waals surface area (Å²) >= 11 is 0. The Morgan fingerprint density at radius 1 is 1.30 bits per heavy atom. The van der Waals surface area contributed by atoms with Gasteiger partial charge in [-0.15, -0.1) is 0 Å². The molecule has 20 heavy (non-hydrogen) atoms. The molecule has 1 N–H and O–H groups in total. The number of ether oxygens (including phenoxy) is 1. The van der Waals surface area contributed by atoms with Gasteiger partial charge in [0.15, 0.2) is 6.10 Å². The van der Waals surface area contributed by atoms with E-state index in [1.54, 1.807) is 0 Å². The predicted molar refractivity (Wildman–Crippen MR) is 73.3 cm³/mol. The van der Waals surface area contributed by atoms with Crippen molar-refractivity contribution < 1.29 is 9.53 Å². The van der Waals surface area contributed by atoms with E-state index < -0.39 is 0 Å². The molecule has 2 unspecified atom stereocenters. The molecular weight excluding hydrogens is 254 g/mol. The van der Waals surface area contributed by atoms with Crippen LogP contribution in [0.1, 0.15) is 61.9 Å². The molecule has 0 radical (unpaired) electrons. The van der Waals surface area contributed by atoms with Crippen LogP contribution >= 0.6 is 0 Å². The summed E-state index contributed by atoms with van der Waals surface area (Å²) in [5.74, 6) is 0.0262. The van der Waals surface area contributed by atoms with E-state index in [4.69, 9.17) is 9.84 Å². The molecule has 1 amide bonds. The zero-order valence-electron chi connectivity index (χ0n) is 11.7. The average Bonchev–Trinajstić information content (AvgIpc) is 3.00. The number of hydrogen-bond acceptors (Lipinski definition) is 3. The lowest BCUT2D eigenvalue weighted by molar-refractivity contribution is -0.123. The number of nitrogens with zero attached hydrogens (tertiary/aromatic N) is 2. The van der Waals surface area contributed by atoms with Crippen LogP contribution in [-0.2, 0) is 16.0 Å². The maximum atomic E-state index is 11.9. The number of carbonyl (C=O) groups excluding carboxylic acids is 1. The highest BCUT2D eigenvalue weighted by molar-refractivity contribution is 5.83. The van der Waals surface area contributed by atoms with Gasteiger partial charge in [-0.25, -0.2) is 0 Å². The number of hydrogen-bond donors (Lipinski definition) is 1. The number of amides is 1. The quantitative estimate of drug-likeness (QED) is 0.857. The van der Waals surface area contributed by atoms with Crippen molar-refractivity contribution in [3.8, 4) is 0 Å². The molecule has 1 saturated heterocycles. The van der Waals surface area contributed by atoms with Crippen LogP contribution in [0.2, 0.25) is 0 Å². The van der Waals surface area contributed by atoms with E-state index in [9.17, 15) is 4.79 Å². The van der Waals surface area contributed by atoms with Crippen molar-refractivity contribution in [3.63, 3.8) is 0 Å². The van der Waals surface area contributed by atoms with E-state index in [0.29, 0.717) is 12.6 Å². The third-order valence-electron chi connectivity index (χ3n) is 4.75. The Morgan fingerprint density at radius 3 is 2.85 bits per heavy atom. The number of aromatic nitrogens is 2. The average molecular weight is 275 g/mol. The third kappa shape index (κ3) is 2.24. The van der Waals surface area contributed by atoms with E-state index in [-0.39, 0.29) is 18.1 Å². The van der Waals surface area contributed by atoms with Crippen LogP contribution in [0, 0.1) is 0 Å². The number of carbonyl (C=O) groups is 1. The van der Waals surface area contributed by atoms with Crippen molar-refractivity contribution in [1.82, 2.24) is 15.1 Å². The summed E-state index contributed by atoms with van der Waals surface area (Å²) in [7, 11) is 0. The number of aryl methyl sites for hydroxylation is 1. The Labute approximate surface area is 118 Å². The van der Waals surface area contributed by atoms with Gasteiger partial charge in [0.25, 0.3) is 5.91 Å². The molecule has 2 fully saturated rings. The molecule has 2 aliphatic carbocycles. The maximum absolute atomic E-state index is 11.9. The van der Waals surface area contributed by atoms with Gasteiger partial charge in [0.05, 0.1) is 24.4 Å². The van der Waals surface area contributed by atoms with Crippen LogP contribution in [0.15, 0.2) is 6.20 Å². The van der Waals surface area contributed by atoms with Crippen molar-refractivity contribution in [1.29, 1.82) is 0 Å². The van der Waals surface area contributed by atoms with Gasteiger partial charge in [-0.3, -0.25) is 9.48 Å². The molecule has 3 aliphatic rings. The minimum atomic E-state index is -0.211. The van der Waals surface area contributed by atoms with Crippen LogP contribution in [0.25, 0.3) is 0 Å². The van der Waals surface area contributed by atoms with Crippen molar-refractivity contribution in [2.75, 3.05) is 6.61 Å². The lowest BCUT2D eigenvalue weighted by Crippen LogP contribution is -2.34. The van der Waals surface area contributed by atoms with E-state index in [1.165, 1.54) is 31.2 Å². The van der Waals surface area contributed by atoms with E-state index in [0.717, 1.165) is 25.0 Å². The SMILES string of the molecule is O=C(NC1CCCc2cn(C3CCCC3)nc21)C1CO1. The van der Waals surface area contributed by atoms with Gasteiger partial charge in [0.2, 0.25) is 0 Å². The summed E-state index contributed by atoms with van der Waals surface area (Å²) in [6.45, 7) is 0.571. The topological polar surface area (TPSA) is 59.5 Å². The Kier molecular flexibility index (Phi) is 3.02. The van der Waals surface area contributed by atoms with Crippen molar-refractivity contribution in [2.24, 2.45) is 0 Å². The van der Waals surface area contributed by atoms with E-state index in [2.05, 4.69) is 16.2 Å². The van der Waals surface area contributed by atoms with Crippen LogP contribution in [-0.4, -0.2) is 28.4 Å². The molecule has 1 aromatic rings. The summed E-state index contributed by atoms with van der Waals surface area (Å²) in [5, 5.41) is 7.91. The number of epoxide rings is 1. The van der Waals surface area contributed by atoms with Crippen LogP contribution in [0.5, 0.6) is 0 Å². The highest BCUT2D eigenvalue weighted by atomic mass is 16.6. The fraction of sp³-hybridized carbons (Fsp3) is 0.733. The largest absolute Gasteiger partial charge is 0.363 e. The third-order valence-corrected chi connectivity index (χ3v) is 4.75. The van der Waals surface area contributed by atoms with E-state index in [1.807, 2.05) is 0 Å². The van der Waals surface area contributed by atoms with Crippen LogP contribution in [0.4, 0.5) is 0 Å². The minimum absolute atomic E-state index is 0.0262. The van der Waals surface area contributed by atoms with Gasteiger partial charge < -0.3 is 10.1 Å². The molecule has 0 spiro atoms. The molecule has 2 atom stereocenters. The van der Waals surface area contributed by atoms with Gasteiger partial charge in [0.1, 0.15) is 0 Å². The molecule has 0 bridgehead atoms. The highest BCUT2D eigenvalue weighted by Crippen LogP contribution is 2.34. The normalized spacial score (nSPS) is 29.2. The van der Waals surface area contributed by atoms with Crippen LogP contribution < -0.4 is 5.32 Å². The van der Waals surface area contributed by atoms with Crippen molar-refractivity contribution in [3.05, 3.63) is 17.5 Å². The zero-order valence-corrected chi connectivity index (χ0v) is 11.7. The summed E-state index contributed by atoms with van der Waals surface area (Å²) in [5.41, 5.74) is 2.42. The predicted octanol–water partition coefficient (Wildman–Crippen LogP) is 1.89. The zero-order chi connectivity index (χ0) is 13.5. The van der Waals surface area contributed by atoms with Gasteiger partial charge in [0, 0.05) is 6.20 Å². The lowest BCUT2D eigenvalue weighted by atomic mass is 9.93. The summed E-state index contributed by atoms with van der Waals surface area (Å²) in [6.07, 6.45) is 10.3. The number of nitrogens with one attached hydrogen (secondary N) is 1. The van der Waals surface area contributed by atoms with Gasteiger partial charge in [-0.1, -0.05) is 12.8 Å². The Morgan fingerprint density at radius 2 is 2.10 bits per heavy atom. The summed E-state index contributed by atoms with van der Waals surface area (Å²) < 4.78 is 7.21. The molecule has 5 nitrogen and oxygen atoms in total. The smallest absolute Gasteiger partial charge is 0.252 e. The standard InChI is InChI=1S/C15H21N3O2/c19-15(13-9-20-13)16-12-7-3-4-10-8-18(17-14(10)12)11-5-1-2-6-11/h8,11-13H,1-7,9H2,(H,16,19). The molecule has 1 saturated carbocycles. The molecule has 108 valence electrons. The molecular formula is C15H21N3O2. The molecule has 4 rings (SSSR count). The van der Waals surface area contributed by atoms with Crippen LogP contribution in [0.3, 0.4) is 0 Å². The first kappa shape index (κ1) is 12.4. The molecule has 0 aromatic carbocycles. The minimum Gasteiger partial charge on any atom is -0.363 e. The first-order chi connectivity index (χ1) is 9.81. The summed E-state index contributed by atoms with van der Waals surface area (Å²) in [6, 6.07) is 0.654. The van der Waals surface area contributed by atoms with Gasteiger partial charge >= 0.3 is 0 Å². The highest BCUT2D eigenvalue weighted by Gasteiger charge is 2.35. The number of rotatable bonds is 3. The van der Waals surface area contributed by atoms with Gasteiger partial charge in [-0.2, -0.15) is 5.10 Å². The molecule has 1 aromatic heterocycles. The first-order valence-electron chi connectivity index (χ1n) is 7.81. The molecule has 5 heteroatoms. The Balaban J connectivity index is 1.54. The fourth-order valence-electron chi connectivity index (χ4n) is 3.52. The monoisotopic (exact) mass is 275 g/mol. The Bertz CT molecular complexity index is 515. The Hall–Kier alpha value is -1.36. The van der Waals surface area contributed by atoms with Crippen molar-refractivity contribution in [2.45, 2.75) is 63.1 Å². The second kappa shape index (κ2) is 4.88. The van der Waals surface area contributed by atoms with Crippen molar-refractivity contribution >= 4 is 5.91 Å². The van der Waals surface area contributed by atoms with E-state index >= 15 is 0 Å². The van der Waals surface area contributed by atoms with Gasteiger partial charge in [-0.05, 0) is 37.7 Å². The molecule has 2 heterocycles. The second-order valence-electron chi connectivity index (χ2n) is 6.23. The summed E-state index contributed by atoms with van der Waals surface area (Å²) in [4.78, 5) is 11.9. The second-order valence-corrected chi connectivity index (χ2v) is 6.23. The molecule has 1 aliphatic heterocycles. The maximum Gasteiger partial charge on any atom is 0.252 e.